The molecule has 0 aliphatic rings. The number of benzene rings is 1. The van der Waals surface area contributed by atoms with Crippen LogP contribution in [0.4, 0.5) is 0 Å². The number of methoxy groups -OCH3 is 1. The first-order chi connectivity index (χ1) is 13.8. The molecule has 3 aromatic heterocycles. The van der Waals surface area contributed by atoms with Crippen molar-refractivity contribution < 1.29 is 13.9 Å². The van der Waals surface area contributed by atoms with Crippen molar-refractivity contribution >= 4 is 17.7 Å². The number of carbonyl (C=O) groups excluding carboxylic acids is 1. The van der Waals surface area contributed by atoms with Gasteiger partial charge in [0.25, 0.3) is 0 Å². The van der Waals surface area contributed by atoms with Crippen LogP contribution in [0.25, 0.3) is 17.1 Å². The summed E-state index contributed by atoms with van der Waals surface area (Å²) in [6, 6.07) is 17.0. The minimum absolute atomic E-state index is 0.179. The lowest BCUT2D eigenvalue weighted by Crippen LogP contribution is -2.00. The Hall–Kier alpha value is -3.39. The lowest BCUT2D eigenvalue weighted by molar-refractivity contribution is 0.0563. The van der Waals surface area contributed by atoms with Crippen LogP contribution in [-0.2, 0) is 10.5 Å². The van der Waals surface area contributed by atoms with Gasteiger partial charge in [-0.3, -0.25) is 9.55 Å². The molecule has 0 atom stereocenters. The highest BCUT2D eigenvalue weighted by molar-refractivity contribution is 7.98. The fourth-order valence-electron chi connectivity index (χ4n) is 2.66. The number of rotatable bonds is 6. The summed E-state index contributed by atoms with van der Waals surface area (Å²) in [5, 5.41) is 9.44. The van der Waals surface area contributed by atoms with Crippen LogP contribution in [-0.4, -0.2) is 32.8 Å². The summed E-state index contributed by atoms with van der Waals surface area (Å²) >= 11 is 1.47. The first kappa shape index (κ1) is 18.0. The number of ether oxygens (including phenoxy) is 1. The van der Waals surface area contributed by atoms with Crippen molar-refractivity contribution in [2.45, 2.75) is 10.9 Å². The number of aromatic nitrogens is 4. The third-order valence-electron chi connectivity index (χ3n) is 3.96. The maximum Gasteiger partial charge on any atom is 0.373 e. The van der Waals surface area contributed by atoms with Crippen LogP contribution in [0, 0.1) is 0 Å². The van der Waals surface area contributed by atoms with Gasteiger partial charge in [0.1, 0.15) is 5.76 Å². The van der Waals surface area contributed by atoms with Crippen LogP contribution >= 0.6 is 11.8 Å². The van der Waals surface area contributed by atoms with E-state index in [4.69, 9.17) is 4.42 Å². The van der Waals surface area contributed by atoms with E-state index in [2.05, 4.69) is 19.9 Å². The highest BCUT2D eigenvalue weighted by Crippen LogP contribution is 2.29. The number of nitrogens with zero attached hydrogens (tertiary/aromatic N) is 4. The Morgan fingerprint density at radius 2 is 1.96 bits per heavy atom. The van der Waals surface area contributed by atoms with Gasteiger partial charge in [0.05, 0.1) is 12.9 Å². The van der Waals surface area contributed by atoms with E-state index in [0.29, 0.717) is 22.5 Å². The normalized spacial score (nSPS) is 10.8. The summed E-state index contributed by atoms with van der Waals surface area (Å²) < 4.78 is 12.2. The summed E-state index contributed by atoms with van der Waals surface area (Å²) in [6.45, 7) is 0. The van der Waals surface area contributed by atoms with Crippen molar-refractivity contribution in [3.05, 3.63) is 78.5 Å². The SMILES string of the molecule is COC(=O)c1ccc(CSc2nnc(-c3cccnc3)n2-c2ccccc2)o1. The topological polar surface area (TPSA) is 83.0 Å². The predicted octanol–water partition coefficient (Wildman–Crippen LogP) is 4.00. The number of hydrogen-bond donors (Lipinski definition) is 0. The lowest BCUT2D eigenvalue weighted by Gasteiger charge is -2.09. The smallest absolute Gasteiger partial charge is 0.373 e. The summed E-state index contributed by atoms with van der Waals surface area (Å²) in [4.78, 5) is 15.7. The number of furan rings is 1. The van der Waals surface area contributed by atoms with Gasteiger partial charge >= 0.3 is 5.97 Å². The van der Waals surface area contributed by atoms with Gasteiger partial charge in [0.15, 0.2) is 11.0 Å². The van der Waals surface area contributed by atoms with Crippen LogP contribution in [0.3, 0.4) is 0 Å². The second-order valence-electron chi connectivity index (χ2n) is 5.77. The minimum Gasteiger partial charge on any atom is -0.463 e. The fourth-order valence-corrected chi connectivity index (χ4v) is 3.50. The van der Waals surface area contributed by atoms with Crippen molar-refractivity contribution in [2.24, 2.45) is 0 Å². The molecule has 0 bridgehead atoms. The van der Waals surface area contributed by atoms with E-state index in [1.807, 2.05) is 47.0 Å². The molecule has 28 heavy (non-hydrogen) atoms. The van der Waals surface area contributed by atoms with Gasteiger partial charge in [-0.25, -0.2) is 4.79 Å². The Morgan fingerprint density at radius 3 is 2.71 bits per heavy atom. The molecule has 0 radical (unpaired) electrons. The van der Waals surface area contributed by atoms with Gasteiger partial charge in [-0.05, 0) is 36.4 Å². The highest BCUT2D eigenvalue weighted by Gasteiger charge is 2.17. The molecule has 7 nitrogen and oxygen atoms in total. The maximum atomic E-state index is 11.5. The first-order valence-electron chi connectivity index (χ1n) is 8.47. The van der Waals surface area contributed by atoms with E-state index in [-0.39, 0.29) is 5.76 Å². The van der Waals surface area contributed by atoms with Crippen LogP contribution < -0.4 is 0 Å². The number of hydrogen-bond acceptors (Lipinski definition) is 7. The average Bonchev–Trinajstić information content (AvgIpc) is 3.40. The zero-order valence-corrected chi connectivity index (χ0v) is 15.8. The second-order valence-corrected chi connectivity index (χ2v) is 6.71. The molecular weight excluding hydrogens is 376 g/mol. The van der Waals surface area contributed by atoms with Gasteiger partial charge in [-0.1, -0.05) is 30.0 Å². The summed E-state index contributed by atoms with van der Waals surface area (Å²) in [6.07, 6.45) is 3.48. The average molecular weight is 392 g/mol. The zero-order chi connectivity index (χ0) is 19.3. The molecule has 4 aromatic rings. The highest BCUT2D eigenvalue weighted by atomic mass is 32.2. The van der Waals surface area contributed by atoms with Crippen LogP contribution in [0.2, 0.25) is 0 Å². The van der Waals surface area contributed by atoms with Crippen molar-refractivity contribution in [3.8, 4) is 17.1 Å². The van der Waals surface area contributed by atoms with Crippen molar-refractivity contribution in [3.63, 3.8) is 0 Å². The van der Waals surface area contributed by atoms with Crippen molar-refractivity contribution in [2.75, 3.05) is 7.11 Å². The predicted molar refractivity (Wildman–Crippen MR) is 104 cm³/mol. The summed E-state index contributed by atoms with van der Waals surface area (Å²) in [5.41, 5.74) is 1.82. The molecule has 0 fully saturated rings. The largest absolute Gasteiger partial charge is 0.463 e. The van der Waals surface area contributed by atoms with E-state index in [1.165, 1.54) is 18.9 Å². The Morgan fingerprint density at radius 1 is 1.11 bits per heavy atom. The Balaban J connectivity index is 1.65. The van der Waals surface area contributed by atoms with Crippen molar-refractivity contribution in [1.82, 2.24) is 19.7 Å². The number of carbonyl (C=O) groups is 1. The molecule has 3 heterocycles. The quantitative estimate of drug-likeness (QED) is 0.362. The monoisotopic (exact) mass is 392 g/mol. The van der Waals surface area contributed by atoms with Crippen LogP contribution in [0.5, 0.6) is 0 Å². The van der Waals surface area contributed by atoms with Gasteiger partial charge in [0, 0.05) is 23.6 Å². The Kier molecular flexibility index (Phi) is 5.20. The molecule has 0 spiro atoms. The molecule has 0 aliphatic carbocycles. The Bertz CT molecular complexity index is 1080. The van der Waals surface area contributed by atoms with E-state index in [9.17, 15) is 4.79 Å². The number of pyridine rings is 1. The molecule has 0 N–H and O–H groups in total. The molecule has 0 saturated heterocycles. The Labute approximate surface area is 165 Å². The van der Waals surface area contributed by atoms with E-state index >= 15 is 0 Å². The van der Waals surface area contributed by atoms with Crippen molar-refractivity contribution in [1.29, 1.82) is 0 Å². The number of para-hydroxylation sites is 1. The molecule has 140 valence electrons. The van der Waals surface area contributed by atoms with E-state index in [1.54, 1.807) is 24.5 Å². The van der Waals surface area contributed by atoms with Crippen LogP contribution in [0.1, 0.15) is 16.3 Å². The third kappa shape index (κ3) is 3.67. The number of esters is 1. The summed E-state index contributed by atoms with van der Waals surface area (Å²) in [5.74, 6) is 1.53. The fraction of sp³-hybridized carbons (Fsp3) is 0.100. The molecule has 0 unspecified atom stereocenters. The molecule has 1 aromatic carbocycles. The minimum atomic E-state index is -0.498. The number of thioether (sulfide) groups is 1. The van der Waals surface area contributed by atoms with Gasteiger partial charge < -0.3 is 9.15 Å². The second kappa shape index (κ2) is 8.10. The maximum absolute atomic E-state index is 11.5. The first-order valence-corrected chi connectivity index (χ1v) is 9.46. The van der Waals surface area contributed by atoms with E-state index < -0.39 is 5.97 Å². The molecule has 0 aliphatic heterocycles. The zero-order valence-electron chi connectivity index (χ0n) is 15.0. The molecule has 0 saturated carbocycles. The standard InChI is InChI=1S/C20H16N4O3S/c1-26-19(25)17-10-9-16(27-17)13-28-20-23-22-18(14-6-5-11-21-12-14)24(20)15-7-3-2-4-8-15/h2-12H,13H2,1H3. The lowest BCUT2D eigenvalue weighted by atomic mass is 10.2. The third-order valence-corrected chi connectivity index (χ3v) is 4.91. The summed E-state index contributed by atoms with van der Waals surface area (Å²) in [7, 11) is 1.32. The molecular formula is C20H16N4O3S. The van der Waals surface area contributed by atoms with Gasteiger partial charge in [-0.15, -0.1) is 10.2 Å². The molecule has 8 heteroatoms. The van der Waals surface area contributed by atoms with E-state index in [0.717, 1.165) is 11.3 Å². The molecule has 0 amide bonds. The van der Waals surface area contributed by atoms with Crippen LogP contribution in [0.15, 0.2) is 76.6 Å². The van der Waals surface area contributed by atoms with Gasteiger partial charge in [0.2, 0.25) is 5.76 Å². The molecule has 4 rings (SSSR count). The van der Waals surface area contributed by atoms with Gasteiger partial charge in [-0.2, -0.15) is 0 Å².